The van der Waals surface area contributed by atoms with E-state index in [1.807, 2.05) is 16.9 Å². The third kappa shape index (κ3) is 6.86. The van der Waals surface area contributed by atoms with Crippen LogP contribution in [0.2, 0.25) is 0 Å². The van der Waals surface area contributed by atoms with Crippen LogP contribution in [0.4, 0.5) is 17.6 Å². The number of nitriles is 1. The molecule has 1 aliphatic heterocycles. The highest BCUT2D eigenvalue weighted by Gasteiger charge is 2.29. The summed E-state index contributed by atoms with van der Waals surface area (Å²) in [6.07, 6.45) is 1.35. The number of imidazole rings is 2. The van der Waals surface area contributed by atoms with Gasteiger partial charge >= 0.3 is 6.18 Å². The van der Waals surface area contributed by atoms with Crippen LogP contribution in [-0.4, -0.2) is 59.0 Å². The van der Waals surface area contributed by atoms with Crippen molar-refractivity contribution >= 4 is 17.0 Å². The number of rotatable bonds is 10. The highest BCUT2D eigenvalue weighted by Crippen LogP contribution is 2.27. The van der Waals surface area contributed by atoms with Gasteiger partial charge in [-0.15, -0.1) is 5.10 Å². The van der Waals surface area contributed by atoms with Crippen molar-refractivity contribution in [1.82, 2.24) is 33.8 Å². The zero-order chi connectivity index (χ0) is 32.4. The number of nitrogens with zero attached hydrogens (tertiary/aromatic N) is 8. The maximum atomic E-state index is 14.2. The number of fused-ring (bicyclic) bond motifs is 1. The van der Waals surface area contributed by atoms with Gasteiger partial charge in [0, 0.05) is 37.1 Å². The average Bonchev–Trinajstić information content (AvgIpc) is 3.75. The zero-order valence-corrected chi connectivity index (χ0v) is 24.3. The molecule has 6 rings (SSSR count). The number of carboxylic acids is 1. The van der Waals surface area contributed by atoms with Gasteiger partial charge in [0.05, 0.1) is 59.8 Å². The second-order valence-electron chi connectivity index (χ2n) is 11.1. The van der Waals surface area contributed by atoms with Gasteiger partial charge in [-0.1, -0.05) is 12.1 Å². The van der Waals surface area contributed by atoms with Crippen molar-refractivity contribution in [3.8, 4) is 11.9 Å². The van der Waals surface area contributed by atoms with Gasteiger partial charge < -0.3 is 23.8 Å². The standard InChI is InChI=1S/C31H28F4N8O3/c32-25-11-20(13-36)1-2-22(25)17-46-29-7-10-43(39-29)23-5-8-40(9-6-23)16-28-38-26-4-3-21(30(44)45)12-27(26)42(28)15-24-14-37-19-41(24)18-31(33,34)35/h1-4,7,10-12,14,19,23H,5-6,8-9,15-18H2,(H,44,45)/p-1. The first-order valence-electron chi connectivity index (χ1n) is 14.4. The van der Waals surface area contributed by atoms with E-state index in [0.717, 1.165) is 29.8 Å². The number of piperidine rings is 1. The monoisotopic (exact) mass is 635 g/mol. The molecule has 3 aromatic heterocycles. The molecule has 238 valence electrons. The van der Waals surface area contributed by atoms with Gasteiger partial charge in [0.1, 0.15) is 24.8 Å². The number of likely N-dealkylation sites (tertiary alicyclic amines) is 1. The summed E-state index contributed by atoms with van der Waals surface area (Å²) < 4.78 is 64.0. The molecule has 15 heteroatoms. The minimum absolute atomic E-state index is 0.0112. The summed E-state index contributed by atoms with van der Waals surface area (Å²) in [4.78, 5) is 22.4. The topological polar surface area (TPSA) is 130 Å². The van der Waals surface area contributed by atoms with Crippen LogP contribution in [0.25, 0.3) is 11.0 Å². The molecule has 46 heavy (non-hydrogen) atoms. The van der Waals surface area contributed by atoms with Crippen LogP contribution in [0.1, 0.15) is 51.9 Å². The third-order valence-corrected chi connectivity index (χ3v) is 7.97. The molecule has 0 atom stereocenters. The summed E-state index contributed by atoms with van der Waals surface area (Å²) in [5.41, 5.74) is 1.77. The number of halogens is 4. The lowest BCUT2D eigenvalue weighted by molar-refractivity contribution is -0.255. The van der Waals surface area contributed by atoms with E-state index in [4.69, 9.17) is 15.0 Å². The predicted octanol–water partition coefficient (Wildman–Crippen LogP) is 3.83. The van der Waals surface area contributed by atoms with Gasteiger partial charge in [-0.05, 0) is 42.7 Å². The molecular weight excluding hydrogens is 608 g/mol. The number of hydrogen-bond donors (Lipinski definition) is 0. The minimum Gasteiger partial charge on any atom is -0.545 e. The number of alkyl halides is 3. The Bertz CT molecular complexity index is 1910. The van der Waals surface area contributed by atoms with Crippen LogP contribution in [-0.2, 0) is 26.2 Å². The van der Waals surface area contributed by atoms with E-state index in [-0.39, 0.29) is 30.3 Å². The number of benzene rings is 2. The lowest BCUT2D eigenvalue weighted by atomic mass is 10.1. The van der Waals surface area contributed by atoms with Crippen molar-refractivity contribution in [2.45, 2.75) is 51.3 Å². The van der Waals surface area contributed by atoms with Crippen molar-refractivity contribution < 1.29 is 32.2 Å². The van der Waals surface area contributed by atoms with Crippen LogP contribution in [0.15, 0.2) is 61.2 Å². The molecule has 4 heterocycles. The fourth-order valence-corrected chi connectivity index (χ4v) is 5.60. The van der Waals surface area contributed by atoms with E-state index in [0.29, 0.717) is 53.6 Å². The maximum Gasteiger partial charge on any atom is 0.406 e. The number of ether oxygens (including phenoxy) is 1. The Kier molecular flexibility index (Phi) is 8.46. The Balaban J connectivity index is 1.13. The Hall–Kier alpha value is -5.23. The maximum absolute atomic E-state index is 14.2. The quantitative estimate of drug-likeness (QED) is 0.212. The molecule has 1 saturated heterocycles. The molecule has 2 aromatic carbocycles. The third-order valence-electron chi connectivity index (χ3n) is 7.97. The van der Waals surface area contributed by atoms with E-state index in [2.05, 4.69) is 15.0 Å². The highest BCUT2D eigenvalue weighted by molar-refractivity contribution is 5.91. The van der Waals surface area contributed by atoms with Crippen molar-refractivity contribution in [2.24, 2.45) is 0 Å². The van der Waals surface area contributed by atoms with E-state index in [1.165, 1.54) is 30.5 Å². The van der Waals surface area contributed by atoms with Crippen molar-refractivity contribution in [2.75, 3.05) is 13.1 Å². The zero-order valence-electron chi connectivity index (χ0n) is 24.3. The average molecular weight is 636 g/mol. The van der Waals surface area contributed by atoms with E-state index in [1.54, 1.807) is 16.7 Å². The summed E-state index contributed by atoms with van der Waals surface area (Å²) in [7, 11) is 0. The fraction of sp³-hybridized carbons (Fsp3) is 0.323. The first-order valence-corrected chi connectivity index (χ1v) is 14.4. The summed E-state index contributed by atoms with van der Waals surface area (Å²) >= 11 is 0. The fourth-order valence-electron chi connectivity index (χ4n) is 5.60. The van der Waals surface area contributed by atoms with Gasteiger partial charge in [-0.25, -0.2) is 14.4 Å². The summed E-state index contributed by atoms with van der Waals surface area (Å²) in [6, 6.07) is 12.3. The van der Waals surface area contributed by atoms with Gasteiger partial charge in [-0.3, -0.25) is 9.58 Å². The van der Waals surface area contributed by atoms with Gasteiger partial charge in [-0.2, -0.15) is 18.4 Å². The minimum atomic E-state index is -4.44. The highest BCUT2D eigenvalue weighted by atomic mass is 19.4. The molecule has 1 fully saturated rings. The molecule has 5 aromatic rings. The molecule has 0 spiro atoms. The van der Waals surface area contributed by atoms with Gasteiger partial charge in [0.2, 0.25) is 5.88 Å². The first-order chi connectivity index (χ1) is 22.1. The Labute approximate surface area is 259 Å². The first kappa shape index (κ1) is 30.8. The molecule has 11 nitrogen and oxygen atoms in total. The number of aromatic carboxylic acids is 1. The van der Waals surface area contributed by atoms with Crippen LogP contribution in [0, 0.1) is 17.1 Å². The number of aromatic nitrogens is 6. The van der Waals surface area contributed by atoms with Crippen molar-refractivity contribution in [3.05, 3.63) is 95.2 Å². The van der Waals surface area contributed by atoms with E-state index < -0.39 is 24.5 Å². The summed E-state index contributed by atoms with van der Waals surface area (Å²) in [5.74, 6) is -0.964. The summed E-state index contributed by atoms with van der Waals surface area (Å²) in [6.45, 7) is 0.522. The molecule has 0 radical (unpaired) electrons. The molecule has 0 bridgehead atoms. The lowest BCUT2D eigenvalue weighted by Crippen LogP contribution is -2.35. The van der Waals surface area contributed by atoms with Crippen LogP contribution >= 0.6 is 0 Å². The lowest BCUT2D eigenvalue weighted by Gasteiger charge is -2.31. The number of carbonyl (C=O) groups excluding carboxylic acids is 1. The van der Waals surface area contributed by atoms with Crippen molar-refractivity contribution in [3.63, 3.8) is 0 Å². The van der Waals surface area contributed by atoms with Crippen molar-refractivity contribution in [1.29, 1.82) is 5.26 Å². The Morgan fingerprint density at radius 2 is 1.91 bits per heavy atom. The van der Waals surface area contributed by atoms with Gasteiger partial charge in [0.25, 0.3) is 0 Å². The van der Waals surface area contributed by atoms with Crippen LogP contribution in [0.5, 0.6) is 5.88 Å². The van der Waals surface area contributed by atoms with E-state index in [9.17, 15) is 27.5 Å². The number of carboxylic acid groups (broad SMARTS) is 1. The molecule has 0 unspecified atom stereocenters. The molecular formula is C31H27F4N8O3-. The predicted molar refractivity (Wildman–Crippen MR) is 153 cm³/mol. The smallest absolute Gasteiger partial charge is 0.406 e. The molecule has 0 saturated carbocycles. The summed E-state index contributed by atoms with van der Waals surface area (Å²) in [5, 5.41) is 25.0. The molecule has 0 amide bonds. The molecule has 0 N–H and O–H groups in total. The second kappa shape index (κ2) is 12.6. The Morgan fingerprint density at radius 3 is 2.63 bits per heavy atom. The van der Waals surface area contributed by atoms with Crippen LogP contribution in [0.3, 0.4) is 0 Å². The van der Waals surface area contributed by atoms with Gasteiger partial charge in [0.15, 0.2) is 0 Å². The second-order valence-corrected chi connectivity index (χ2v) is 11.1. The molecule has 0 aliphatic carbocycles. The number of hydrogen-bond acceptors (Lipinski definition) is 8. The largest absolute Gasteiger partial charge is 0.545 e. The normalized spacial score (nSPS) is 14.5. The van der Waals surface area contributed by atoms with Crippen LogP contribution < -0.4 is 9.84 Å². The Morgan fingerprint density at radius 1 is 1.11 bits per heavy atom. The SMILES string of the molecule is N#Cc1ccc(COc2ccn(C3CCN(Cc4nc5ccc(C(=O)[O-])cc5n4Cc4cncn4CC(F)(F)F)CC3)n2)c(F)c1. The molecule has 1 aliphatic rings. The van der Waals surface area contributed by atoms with E-state index >= 15 is 0 Å². The number of carbonyl (C=O) groups is 1.